The van der Waals surface area contributed by atoms with Crippen molar-refractivity contribution in [3.63, 3.8) is 0 Å². The number of benzene rings is 1. The molecular weight excluding hydrogens is 240 g/mol. The summed E-state index contributed by atoms with van der Waals surface area (Å²) >= 11 is 0. The molecule has 0 saturated carbocycles. The van der Waals surface area contributed by atoms with Gasteiger partial charge in [-0.1, -0.05) is 13.8 Å². The van der Waals surface area contributed by atoms with Crippen molar-refractivity contribution in [2.24, 2.45) is 5.92 Å². The molecule has 19 heavy (non-hydrogen) atoms. The third kappa shape index (κ3) is 2.92. The maximum absolute atomic E-state index is 9.42. The molecule has 3 heteroatoms. The molecule has 1 aliphatic rings. The predicted octanol–water partition coefficient (Wildman–Crippen LogP) is 3.05. The first kappa shape index (κ1) is 13.9. The molecule has 1 aromatic carbocycles. The van der Waals surface area contributed by atoms with Gasteiger partial charge in [-0.05, 0) is 36.6 Å². The number of hydrogen-bond donors (Lipinski definition) is 1. The Morgan fingerprint density at radius 3 is 2.84 bits per heavy atom. The summed E-state index contributed by atoms with van der Waals surface area (Å²) < 4.78 is 11.2. The number of fused-ring (bicyclic) bond motifs is 1. The average molecular weight is 262 g/mol. The van der Waals surface area contributed by atoms with E-state index in [-0.39, 0.29) is 12.7 Å². The second-order valence-electron chi connectivity index (χ2n) is 5.37. The summed E-state index contributed by atoms with van der Waals surface area (Å²) in [5.74, 6) is 2.08. The van der Waals surface area contributed by atoms with Crippen LogP contribution in [0.25, 0.3) is 6.08 Å². The number of aliphatic hydroxyl groups excluding tert-OH is 1. The Labute approximate surface area is 114 Å². The van der Waals surface area contributed by atoms with E-state index in [4.69, 9.17) is 9.47 Å². The summed E-state index contributed by atoms with van der Waals surface area (Å²) in [4.78, 5) is 0. The maximum Gasteiger partial charge on any atom is 0.126 e. The molecule has 1 atom stereocenters. The predicted molar refractivity (Wildman–Crippen MR) is 76.7 cm³/mol. The molecule has 1 aromatic rings. The first-order valence-corrected chi connectivity index (χ1v) is 6.74. The van der Waals surface area contributed by atoms with Crippen molar-refractivity contribution in [1.29, 1.82) is 0 Å². The van der Waals surface area contributed by atoms with Crippen LogP contribution in [0.1, 0.15) is 31.9 Å². The summed E-state index contributed by atoms with van der Waals surface area (Å²) in [5.41, 5.74) is 3.15. The van der Waals surface area contributed by atoms with E-state index < -0.39 is 0 Å². The summed E-state index contributed by atoms with van der Waals surface area (Å²) in [7, 11) is 1.67. The summed E-state index contributed by atoms with van der Waals surface area (Å²) in [6, 6.07) is 4.05. The first-order chi connectivity index (χ1) is 9.05. The molecule has 3 nitrogen and oxygen atoms in total. The molecule has 0 spiro atoms. The van der Waals surface area contributed by atoms with Crippen molar-refractivity contribution < 1.29 is 14.6 Å². The molecule has 0 aliphatic carbocycles. The van der Waals surface area contributed by atoms with Crippen LogP contribution in [0.3, 0.4) is 0 Å². The van der Waals surface area contributed by atoms with Crippen LogP contribution in [-0.4, -0.2) is 24.9 Å². The fraction of sp³-hybridized carbons (Fsp3) is 0.500. The third-order valence-electron chi connectivity index (χ3n) is 3.51. The number of methoxy groups -OCH3 is 1. The lowest BCUT2D eigenvalue weighted by atomic mass is 9.99. The highest BCUT2D eigenvalue weighted by molar-refractivity contribution is 5.64. The third-order valence-corrected chi connectivity index (χ3v) is 3.51. The van der Waals surface area contributed by atoms with Crippen LogP contribution in [0.5, 0.6) is 11.5 Å². The van der Waals surface area contributed by atoms with Crippen molar-refractivity contribution in [2.75, 3.05) is 13.7 Å². The van der Waals surface area contributed by atoms with E-state index in [1.165, 1.54) is 5.56 Å². The fourth-order valence-electron chi connectivity index (χ4n) is 2.34. The highest BCUT2D eigenvalue weighted by Gasteiger charge is 2.21. The minimum atomic E-state index is 0.0646. The van der Waals surface area contributed by atoms with Crippen LogP contribution in [0.4, 0.5) is 0 Å². The molecular formula is C16H22O3. The second-order valence-corrected chi connectivity index (χ2v) is 5.37. The van der Waals surface area contributed by atoms with E-state index in [0.29, 0.717) is 5.92 Å². The van der Waals surface area contributed by atoms with Gasteiger partial charge in [-0.3, -0.25) is 0 Å². The number of ether oxygens (including phenoxy) is 2. The van der Waals surface area contributed by atoms with Crippen LogP contribution in [0, 0.1) is 5.92 Å². The normalized spacial score (nSPS) is 18.4. The lowest BCUT2D eigenvalue weighted by molar-refractivity contribution is 0.254. The van der Waals surface area contributed by atoms with Gasteiger partial charge in [0, 0.05) is 17.5 Å². The summed E-state index contributed by atoms with van der Waals surface area (Å²) in [6.45, 7) is 6.27. The quantitative estimate of drug-likeness (QED) is 0.906. The summed E-state index contributed by atoms with van der Waals surface area (Å²) in [5, 5.41) is 9.42. The van der Waals surface area contributed by atoms with Gasteiger partial charge in [0.2, 0.25) is 0 Å². The molecule has 0 bridgehead atoms. The average Bonchev–Trinajstić information content (AvgIpc) is 2.73. The molecule has 1 aliphatic heterocycles. The Hall–Kier alpha value is -1.48. The molecule has 0 saturated heterocycles. The minimum Gasteiger partial charge on any atom is -0.496 e. The minimum absolute atomic E-state index is 0.0646. The van der Waals surface area contributed by atoms with Gasteiger partial charge in [0.05, 0.1) is 13.7 Å². The van der Waals surface area contributed by atoms with Gasteiger partial charge in [0.15, 0.2) is 0 Å². The molecule has 0 radical (unpaired) electrons. The van der Waals surface area contributed by atoms with Crippen LogP contribution in [0.15, 0.2) is 17.7 Å². The zero-order valence-corrected chi connectivity index (χ0v) is 12.1. The lowest BCUT2D eigenvalue weighted by Gasteiger charge is -2.12. The van der Waals surface area contributed by atoms with Crippen molar-refractivity contribution in [2.45, 2.75) is 33.3 Å². The zero-order valence-electron chi connectivity index (χ0n) is 12.1. The largest absolute Gasteiger partial charge is 0.496 e. The highest BCUT2D eigenvalue weighted by Crippen LogP contribution is 2.36. The fourth-order valence-corrected chi connectivity index (χ4v) is 2.34. The summed E-state index contributed by atoms with van der Waals surface area (Å²) in [6.07, 6.45) is 3.14. The SMILES string of the molecule is COc1cc2c(cc1/C=C(/CO)C(C)C)OC(C)C2. The van der Waals surface area contributed by atoms with Gasteiger partial charge in [-0.15, -0.1) is 0 Å². The number of hydrogen-bond acceptors (Lipinski definition) is 3. The Bertz CT molecular complexity index is 489. The van der Waals surface area contributed by atoms with Crippen molar-refractivity contribution in [1.82, 2.24) is 0 Å². The van der Waals surface area contributed by atoms with E-state index in [1.807, 2.05) is 18.2 Å². The van der Waals surface area contributed by atoms with Gasteiger partial charge in [-0.2, -0.15) is 0 Å². The van der Waals surface area contributed by atoms with E-state index in [2.05, 4.69) is 20.8 Å². The van der Waals surface area contributed by atoms with Gasteiger partial charge >= 0.3 is 0 Å². The number of rotatable bonds is 4. The standard InChI is InChI=1S/C16H22O3/c1-10(2)14(9-17)6-13-8-16-12(5-11(3)19-16)7-15(13)18-4/h6-8,10-11,17H,5,9H2,1-4H3/b14-6-. The molecule has 1 heterocycles. The van der Waals surface area contributed by atoms with Crippen LogP contribution in [-0.2, 0) is 6.42 Å². The van der Waals surface area contributed by atoms with Crippen molar-refractivity contribution >= 4 is 6.08 Å². The molecule has 0 fully saturated rings. The van der Waals surface area contributed by atoms with E-state index >= 15 is 0 Å². The highest BCUT2D eigenvalue weighted by atomic mass is 16.5. The Morgan fingerprint density at radius 2 is 2.26 bits per heavy atom. The van der Waals surface area contributed by atoms with Gasteiger partial charge < -0.3 is 14.6 Å². The second kappa shape index (κ2) is 5.66. The van der Waals surface area contributed by atoms with Crippen molar-refractivity contribution in [3.05, 3.63) is 28.8 Å². The van der Waals surface area contributed by atoms with Gasteiger partial charge in [0.1, 0.15) is 17.6 Å². The molecule has 1 unspecified atom stereocenters. The molecule has 2 rings (SSSR count). The van der Waals surface area contributed by atoms with Crippen LogP contribution >= 0.6 is 0 Å². The van der Waals surface area contributed by atoms with Gasteiger partial charge in [0.25, 0.3) is 0 Å². The first-order valence-electron chi connectivity index (χ1n) is 6.74. The lowest BCUT2D eigenvalue weighted by Crippen LogP contribution is -2.05. The molecule has 0 amide bonds. The van der Waals surface area contributed by atoms with E-state index in [1.54, 1.807) is 7.11 Å². The number of aliphatic hydroxyl groups is 1. The molecule has 0 aromatic heterocycles. The Morgan fingerprint density at radius 1 is 1.53 bits per heavy atom. The van der Waals surface area contributed by atoms with Crippen molar-refractivity contribution in [3.8, 4) is 11.5 Å². The van der Waals surface area contributed by atoms with Crippen LogP contribution < -0.4 is 9.47 Å². The molecule has 1 N–H and O–H groups in total. The smallest absolute Gasteiger partial charge is 0.126 e. The van der Waals surface area contributed by atoms with E-state index in [0.717, 1.165) is 29.1 Å². The Kier molecular flexibility index (Phi) is 4.15. The van der Waals surface area contributed by atoms with Crippen LogP contribution in [0.2, 0.25) is 0 Å². The Balaban J connectivity index is 2.43. The zero-order chi connectivity index (χ0) is 14.0. The topological polar surface area (TPSA) is 38.7 Å². The molecule has 104 valence electrons. The van der Waals surface area contributed by atoms with Gasteiger partial charge in [-0.25, -0.2) is 0 Å². The van der Waals surface area contributed by atoms with E-state index in [9.17, 15) is 5.11 Å². The maximum atomic E-state index is 9.42. The monoisotopic (exact) mass is 262 g/mol.